The first kappa shape index (κ1) is 25.2. The second-order valence-electron chi connectivity index (χ2n) is 9.09. The number of fused-ring (bicyclic) bond motifs is 1. The summed E-state index contributed by atoms with van der Waals surface area (Å²) in [6, 6.07) is 26.5. The van der Waals surface area contributed by atoms with Gasteiger partial charge < -0.3 is 5.11 Å². The van der Waals surface area contributed by atoms with Crippen LogP contribution in [0.3, 0.4) is 0 Å². The highest BCUT2D eigenvalue weighted by Gasteiger charge is 2.16. The maximum atomic E-state index is 13.3. The summed E-state index contributed by atoms with van der Waals surface area (Å²) in [4.78, 5) is 13.8. The van der Waals surface area contributed by atoms with Crippen molar-refractivity contribution < 1.29 is 14.1 Å². The molecule has 40 heavy (non-hydrogen) atoms. The van der Waals surface area contributed by atoms with Gasteiger partial charge in [0.25, 0.3) is 0 Å². The third kappa shape index (κ3) is 5.38. The fourth-order valence-electron chi connectivity index (χ4n) is 4.48. The SMILES string of the molecule is O=C(O)c1cccc2cccc(S(=O)Cc3ccc(-c4ccc(Cn5nnc(Cc6nn[nH]n6)n5)cc4)cc3)c12. The molecule has 2 heterocycles. The topological polar surface area (TPSA) is 152 Å². The molecule has 0 fully saturated rings. The molecule has 1 atom stereocenters. The fourth-order valence-corrected chi connectivity index (χ4v) is 5.81. The third-order valence-electron chi connectivity index (χ3n) is 6.40. The Kier molecular flexibility index (Phi) is 6.89. The fraction of sp³-hybridized carbons (Fsp3) is 0.107. The summed E-state index contributed by atoms with van der Waals surface area (Å²) in [6.07, 6.45) is 0.352. The van der Waals surface area contributed by atoms with Crippen molar-refractivity contribution in [2.45, 2.75) is 23.6 Å². The van der Waals surface area contributed by atoms with Gasteiger partial charge >= 0.3 is 5.97 Å². The van der Waals surface area contributed by atoms with E-state index in [0.717, 1.165) is 27.6 Å². The summed E-state index contributed by atoms with van der Waals surface area (Å²) in [6.45, 7) is 0.474. The highest BCUT2D eigenvalue weighted by molar-refractivity contribution is 7.84. The van der Waals surface area contributed by atoms with Gasteiger partial charge in [-0.05, 0) is 45.0 Å². The number of carboxylic acids is 1. The van der Waals surface area contributed by atoms with Gasteiger partial charge in [-0.3, -0.25) is 4.21 Å². The molecule has 0 bridgehead atoms. The Hall–Kier alpha value is -5.10. The quantitative estimate of drug-likeness (QED) is 0.275. The van der Waals surface area contributed by atoms with Crippen molar-refractivity contribution in [3.8, 4) is 11.1 Å². The standard InChI is InChI=1S/C28H22N8O3S/c37-28(38)23-5-1-3-22-4-2-6-24(27(22)23)40(39)17-19-9-13-21(14-10-19)20-11-7-18(8-12-20)16-36-32-26(31-35-36)15-25-29-33-34-30-25/h1-14H,15-17H2,(H,37,38)(H,29,30,33,34). The number of hydrogen-bond acceptors (Lipinski definition) is 8. The molecule has 2 N–H and O–H groups in total. The number of carboxylic acid groups (broad SMARTS) is 1. The normalized spacial score (nSPS) is 12.0. The Labute approximate surface area is 230 Å². The van der Waals surface area contributed by atoms with Crippen LogP contribution in [-0.2, 0) is 29.5 Å². The van der Waals surface area contributed by atoms with Crippen molar-refractivity contribution in [3.63, 3.8) is 0 Å². The number of aromatic amines is 1. The Morgan fingerprint density at radius 2 is 1.55 bits per heavy atom. The maximum Gasteiger partial charge on any atom is 0.336 e. The van der Waals surface area contributed by atoms with Crippen LogP contribution < -0.4 is 0 Å². The number of aromatic nitrogens is 8. The molecule has 0 radical (unpaired) electrons. The molecule has 0 aliphatic rings. The molecule has 198 valence electrons. The predicted octanol–water partition coefficient (Wildman–Crippen LogP) is 3.65. The number of benzene rings is 4. The first-order valence-corrected chi connectivity index (χ1v) is 13.7. The van der Waals surface area contributed by atoms with Gasteiger partial charge in [-0.1, -0.05) is 78.0 Å². The highest BCUT2D eigenvalue weighted by atomic mass is 32.2. The number of H-pyrrole nitrogens is 1. The molecule has 1 unspecified atom stereocenters. The van der Waals surface area contributed by atoms with E-state index in [2.05, 4.69) is 36.0 Å². The lowest BCUT2D eigenvalue weighted by Crippen LogP contribution is -2.04. The van der Waals surface area contributed by atoms with Crippen molar-refractivity contribution in [1.29, 1.82) is 0 Å². The second kappa shape index (κ2) is 10.9. The summed E-state index contributed by atoms with van der Waals surface area (Å²) >= 11 is 0. The zero-order valence-corrected chi connectivity index (χ0v) is 21.8. The van der Waals surface area contributed by atoms with E-state index in [1.165, 1.54) is 4.80 Å². The minimum absolute atomic E-state index is 0.157. The molecule has 12 heteroatoms. The van der Waals surface area contributed by atoms with Gasteiger partial charge in [-0.2, -0.15) is 10.0 Å². The number of hydrogen-bond donors (Lipinski definition) is 2. The first-order valence-electron chi connectivity index (χ1n) is 12.3. The largest absolute Gasteiger partial charge is 0.478 e. The van der Waals surface area contributed by atoms with E-state index in [-0.39, 0.29) is 11.3 Å². The lowest BCUT2D eigenvalue weighted by atomic mass is 10.0. The summed E-state index contributed by atoms with van der Waals surface area (Å²) in [5, 5.41) is 37.1. The smallest absolute Gasteiger partial charge is 0.336 e. The number of aromatic carboxylic acids is 1. The van der Waals surface area contributed by atoms with Crippen molar-refractivity contribution in [2.75, 3.05) is 0 Å². The number of nitrogens with one attached hydrogen (secondary N) is 1. The van der Waals surface area contributed by atoms with E-state index in [9.17, 15) is 14.1 Å². The van der Waals surface area contributed by atoms with Gasteiger partial charge in [-0.25, -0.2) is 4.79 Å². The molecule has 6 aromatic rings. The predicted molar refractivity (Wildman–Crippen MR) is 147 cm³/mol. The molecular weight excluding hydrogens is 528 g/mol. The number of carbonyl (C=O) groups is 1. The van der Waals surface area contributed by atoms with E-state index in [1.807, 2.05) is 66.7 Å². The second-order valence-corrected chi connectivity index (χ2v) is 10.5. The van der Waals surface area contributed by atoms with Crippen molar-refractivity contribution in [1.82, 2.24) is 40.8 Å². The van der Waals surface area contributed by atoms with Crippen LogP contribution in [0.1, 0.15) is 33.1 Å². The van der Waals surface area contributed by atoms with Gasteiger partial charge in [0.15, 0.2) is 11.6 Å². The van der Waals surface area contributed by atoms with Gasteiger partial charge in [-0.15, -0.1) is 20.4 Å². The van der Waals surface area contributed by atoms with E-state index in [0.29, 0.717) is 34.9 Å². The van der Waals surface area contributed by atoms with E-state index >= 15 is 0 Å². The van der Waals surface area contributed by atoms with Crippen LogP contribution >= 0.6 is 0 Å². The van der Waals surface area contributed by atoms with Crippen molar-refractivity contribution in [2.24, 2.45) is 0 Å². The summed E-state index contributed by atoms with van der Waals surface area (Å²) in [5.74, 6) is 0.267. The van der Waals surface area contributed by atoms with Crippen LogP contribution in [0.25, 0.3) is 21.9 Å². The first-order chi connectivity index (χ1) is 19.5. The summed E-state index contributed by atoms with van der Waals surface area (Å²) < 4.78 is 13.3. The monoisotopic (exact) mass is 550 g/mol. The molecule has 0 spiro atoms. The Morgan fingerprint density at radius 1 is 0.850 bits per heavy atom. The maximum absolute atomic E-state index is 13.3. The van der Waals surface area contributed by atoms with E-state index in [4.69, 9.17) is 0 Å². The minimum Gasteiger partial charge on any atom is -0.478 e. The zero-order valence-electron chi connectivity index (χ0n) is 21.0. The molecule has 2 aromatic heterocycles. The van der Waals surface area contributed by atoms with Crippen LogP contribution in [0.5, 0.6) is 0 Å². The average Bonchev–Trinajstić information content (AvgIpc) is 3.65. The number of rotatable bonds is 9. The lowest BCUT2D eigenvalue weighted by molar-refractivity contribution is 0.0699. The molecule has 0 aliphatic heterocycles. The average molecular weight is 551 g/mol. The van der Waals surface area contributed by atoms with Crippen LogP contribution in [-0.4, -0.2) is 56.1 Å². The van der Waals surface area contributed by atoms with Crippen LogP contribution in [0.2, 0.25) is 0 Å². The van der Waals surface area contributed by atoms with Crippen LogP contribution in [0.4, 0.5) is 0 Å². The van der Waals surface area contributed by atoms with Gasteiger partial charge in [0.1, 0.15) is 0 Å². The lowest BCUT2D eigenvalue weighted by Gasteiger charge is -2.10. The summed E-state index contributed by atoms with van der Waals surface area (Å²) in [5.41, 5.74) is 4.15. The third-order valence-corrected chi connectivity index (χ3v) is 7.83. The number of nitrogens with zero attached hydrogens (tertiary/aromatic N) is 7. The molecule has 0 saturated carbocycles. The molecule has 4 aromatic carbocycles. The number of tetrazole rings is 2. The van der Waals surface area contributed by atoms with Crippen molar-refractivity contribution >= 4 is 27.5 Å². The Balaban J connectivity index is 1.13. The molecule has 11 nitrogen and oxygen atoms in total. The van der Waals surface area contributed by atoms with E-state index in [1.54, 1.807) is 18.2 Å². The van der Waals surface area contributed by atoms with E-state index < -0.39 is 16.8 Å². The van der Waals surface area contributed by atoms with Crippen LogP contribution in [0, 0.1) is 0 Å². The van der Waals surface area contributed by atoms with Gasteiger partial charge in [0, 0.05) is 10.3 Å². The molecule has 0 amide bonds. The Bertz CT molecular complexity index is 1810. The molecule has 0 saturated heterocycles. The molecule has 0 aliphatic carbocycles. The van der Waals surface area contributed by atoms with Crippen molar-refractivity contribution in [3.05, 3.63) is 113 Å². The van der Waals surface area contributed by atoms with Gasteiger partial charge in [0.2, 0.25) is 0 Å². The Morgan fingerprint density at radius 3 is 2.23 bits per heavy atom. The molecule has 6 rings (SSSR count). The highest BCUT2D eigenvalue weighted by Crippen LogP contribution is 2.28. The zero-order chi connectivity index (χ0) is 27.5. The van der Waals surface area contributed by atoms with Crippen LogP contribution in [0.15, 0.2) is 89.8 Å². The summed E-state index contributed by atoms with van der Waals surface area (Å²) in [7, 11) is -1.41. The molecular formula is C28H22N8O3S. The minimum atomic E-state index is -1.41. The van der Waals surface area contributed by atoms with Gasteiger partial charge in [0.05, 0.1) is 35.1 Å².